The molecular formula is C19H25NS. The van der Waals surface area contributed by atoms with Crippen LogP contribution in [-0.4, -0.2) is 5.75 Å². The van der Waals surface area contributed by atoms with Crippen LogP contribution in [0.4, 0.5) is 0 Å². The fourth-order valence-electron chi connectivity index (χ4n) is 2.29. The summed E-state index contributed by atoms with van der Waals surface area (Å²) >= 11 is 1.82. The Morgan fingerprint density at radius 3 is 2.14 bits per heavy atom. The Kier molecular flexibility index (Phi) is 5.89. The molecule has 0 saturated carbocycles. The van der Waals surface area contributed by atoms with Crippen molar-refractivity contribution in [3.8, 4) is 0 Å². The van der Waals surface area contributed by atoms with Crippen LogP contribution in [0.3, 0.4) is 0 Å². The minimum absolute atomic E-state index is 0.0874. The van der Waals surface area contributed by atoms with E-state index in [1.165, 1.54) is 21.6 Å². The van der Waals surface area contributed by atoms with Crippen LogP contribution in [0, 0.1) is 12.8 Å². The van der Waals surface area contributed by atoms with E-state index in [4.69, 9.17) is 5.73 Å². The summed E-state index contributed by atoms with van der Waals surface area (Å²) in [6, 6.07) is 17.5. The van der Waals surface area contributed by atoms with Crippen molar-refractivity contribution in [2.75, 3.05) is 5.75 Å². The monoisotopic (exact) mass is 299 g/mol. The molecule has 2 N–H and O–H groups in total. The van der Waals surface area contributed by atoms with Gasteiger partial charge in [0, 0.05) is 16.7 Å². The van der Waals surface area contributed by atoms with Crippen LogP contribution in [0.25, 0.3) is 0 Å². The second kappa shape index (κ2) is 7.67. The van der Waals surface area contributed by atoms with Crippen molar-refractivity contribution in [3.63, 3.8) is 0 Å². The summed E-state index contributed by atoms with van der Waals surface area (Å²) in [6.07, 6.45) is 1.13. The maximum Gasteiger partial charge on any atom is 0.0390 e. The van der Waals surface area contributed by atoms with Gasteiger partial charge in [-0.3, -0.25) is 0 Å². The van der Waals surface area contributed by atoms with Crippen LogP contribution in [0.2, 0.25) is 0 Å². The first-order valence-electron chi connectivity index (χ1n) is 7.58. The van der Waals surface area contributed by atoms with E-state index < -0.39 is 0 Å². The molecule has 1 nitrogen and oxygen atoms in total. The summed E-state index contributed by atoms with van der Waals surface area (Å²) < 4.78 is 0. The number of rotatable bonds is 6. The van der Waals surface area contributed by atoms with Gasteiger partial charge in [-0.05, 0) is 42.5 Å². The number of hydrogen-bond donors (Lipinski definition) is 1. The molecule has 0 radical (unpaired) electrons. The molecular weight excluding hydrogens is 274 g/mol. The molecule has 2 heteroatoms. The predicted octanol–water partition coefficient (Wildman–Crippen LogP) is 4.99. The van der Waals surface area contributed by atoms with Crippen molar-refractivity contribution in [1.82, 2.24) is 0 Å². The smallest absolute Gasteiger partial charge is 0.0390 e. The zero-order valence-corrected chi connectivity index (χ0v) is 14.0. The fourth-order valence-corrected chi connectivity index (χ4v) is 3.18. The van der Waals surface area contributed by atoms with Crippen molar-refractivity contribution in [2.24, 2.45) is 11.7 Å². The lowest BCUT2D eigenvalue weighted by molar-refractivity contribution is 0.647. The van der Waals surface area contributed by atoms with E-state index in [0.29, 0.717) is 5.92 Å². The highest BCUT2D eigenvalue weighted by atomic mass is 32.2. The third-order valence-corrected chi connectivity index (χ3v) is 4.63. The molecule has 0 aliphatic heterocycles. The Balaban J connectivity index is 1.90. The largest absolute Gasteiger partial charge is 0.323 e. The maximum atomic E-state index is 6.30. The van der Waals surface area contributed by atoms with Crippen molar-refractivity contribution in [1.29, 1.82) is 0 Å². The first-order valence-corrected chi connectivity index (χ1v) is 8.57. The quantitative estimate of drug-likeness (QED) is 0.761. The van der Waals surface area contributed by atoms with Crippen molar-refractivity contribution >= 4 is 11.8 Å². The fraction of sp³-hybridized carbons (Fsp3) is 0.368. The topological polar surface area (TPSA) is 26.0 Å². The summed E-state index contributed by atoms with van der Waals surface area (Å²) in [6.45, 7) is 6.61. The molecule has 0 bridgehead atoms. The lowest BCUT2D eigenvalue weighted by atomic mass is 10.0. The molecule has 0 fully saturated rings. The normalized spacial score (nSPS) is 12.6. The molecule has 0 saturated heterocycles. The Hall–Kier alpha value is -1.25. The summed E-state index contributed by atoms with van der Waals surface area (Å²) in [5.41, 5.74) is 10.2. The van der Waals surface area contributed by atoms with Crippen LogP contribution in [0.5, 0.6) is 0 Å². The van der Waals surface area contributed by atoms with Gasteiger partial charge in [-0.15, -0.1) is 11.8 Å². The molecule has 0 amide bonds. The van der Waals surface area contributed by atoms with E-state index in [1.807, 2.05) is 11.8 Å². The van der Waals surface area contributed by atoms with Crippen LogP contribution in [-0.2, 0) is 6.42 Å². The highest BCUT2D eigenvalue weighted by Crippen LogP contribution is 2.24. The van der Waals surface area contributed by atoms with E-state index >= 15 is 0 Å². The molecule has 112 valence electrons. The van der Waals surface area contributed by atoms with Gasteiger partial charge in [0.1, 0.15) is 0 Å². The van der Waals surface area contributed by atoms with Gasteiger partial charge in [0.25, 0.3) is 0 Å². The van der Waals surface area contributed by atoms with Crippen LogP contribution >= 0.6 is 11.8 Å². The van der Waals surface area contributed by atoms with Crippen molar-refractivity contribution < 1.29 is 0 Å². The van der Waals surface area contributed by atoms with Gasteiger partial charge in [0.15, 0.2) is 0 Å². The molecule has 21 heavy (non-hydrogen) atoms. The van der Waals surface area contributed by atoms with Gasteiger partial charge < -0.3 is 5.73 Å². The van der Waals surface area contributed by atoms with E-state index in [0.717, 1.165) is 12.2 Å². The number of thioether (sulfide) groups is 1. The second-order valence-corrected chi connectivity index (χ2v) is 7.16. The molecule has 1 atom stereocenters. The van der Waals surface area contributed by atoms with Crippen LogP contribution < -0.4 is 5.73 Å². The van der Waals surface area contributed by atoms with E-state index in [1.54, 1.807) is 0 Å². The molecule has 0 aromatic heterocycles. The van der Waals surface area contributed by atoms with Gasteiger partial charge in [-0.1, -0.05) is 55.8 Å². The molecule has 0 aliphatic carbocycles. The average Bonchev–Trinajstić information content (AvgIpc) is 2.46. The van der Waals surface area contributed by atoms with Gasteiger partial charge in [0.05, 0.1) is 0 Å². The molecule has 0 spiro atoms. The third-order valence-electron chi connectivity index (χ3n) is 3.50. The van der Waals surface area contributed by atoms with E-state index in [-0.39, 0.29) is 6.04 Å². The standard InChI is InChI=1S/C19H25NS/c1-14(2)12-16-6-8-17(9-7-16)19(20)13-21-18-10-4-15(3)5-11-18/h4-11,14,19H,12-13,20H2,1-3H3. The molecule has 2 aromatic carbocycles. The van der Waals surface area contributed by atoms with Gasteiger partial charge >= 0.3 is 0 Å². The lowest BCUT2D eigenvalue weighted by Crippen LogP contribution is -2.13. The first-order chi connectivity index (χ1) is 10.0. The number of benzene rings is 2. The maximum absolute atomic E-state index is 6.30. The molecule has 2 aromatic rings. The van der Waals surface area contributed by atoms with Crippen molar-refractivity contribution in [3.05, 3.63) is 65.2 Å². The predicted molar refractivity (Wildman–Crippen MR) is 93.8 cm³/mol. The van der Waals surface area contributed by atoms with Crippen LogP contribution in [0.1, 0.15) is 36.6 Å². The van der Waals surface area contributed by atoms with E-state index in [2.05, 4.69) is 69.3 Å². The molecule has 0 heterocycles. The van der Waals surface area contributed by atoms with Crippen LogP contribution in [0.15, 0.2) is 53.4 Å². The number of hydrogen-bond acceptors (Lipinski definition) is 2. The molecule has 0 aliphatic rings. The molecule has 1 unspecified atom stereocenters. The minimum Gasteiger partial charge on any atom is -0.323 e. The van der Waals surface area contributed by atoms with Gasteiger partial charge in [0.2, 0.25) is 0 Å². The Labute approximate surface area is 133 Å². The summed E-state index contributed by atoms with van der Waals surface area (Å²) in [4.78, 5) is 1.28. The minimum atomic E-state index is 0.0874. The first kappa shape index (κ1) is 16.1. The van der Waals surface area contributed by atoms with Gasteiger partial charge in [-0.2, -0.15) is 0 Å². The Bertz CT molecular complexity index is 543. The highest BCUT2D eigenvalue weighted by molar-refractivity contribution is 7.99. The summed E-state index contributed by atoms with van der Waals surface area (Å²) in [5.74, 6) is 1.61. The molecule has 2 rings (SSSR count). The second-order valence-electron chi connectivity index (χ2n) is 6.07. The summed E-state index contributed by atoms with van der Waals surface area (Å²) in [5, 5.41) is 0. The SMILES string of the molecule is Cc1ccc(SCC(N)c2ccc(CC(C)C)cc2)cc1. The van der Waals surface area contributed by atoms with E-state index in [9.17, 15) is 0 Å². The Morgan fingerprint density at radius 1 is 0.952 bits per heavy atom. The lowest BCUT2D eigenvalue weighted by Gasteiger charge is -2.13. The zero-order valence-electron chi connectivity index (χ0n) is 13.2. The number of nitrogens with two attached hydrogens (primary N) is 1. The zero-order chi connectivity index (χ0) is 15.2. The van der Waals surface area contributed by atoms with Crippen molar-refractivity contribution in [2.45, 2.75) is 38.1 Å². The Morgan fingerprint density at radius 2 is 1.57 bits per heavy atom. The average molecular weight is 299 g/mol. The summed E-state index contributed by atoms with van der Waals surface area (Å²) in [7, 11) is 0. The highest BCUT2D eigenvalue weighted by Gasteiger charge is 2.07. The number of aryl methyl sites for hydroxylation is 1. The third kappa shape index (κ3) is 5.22. The van der Waals surface area contributed by atoms with Gasteiger partial charge in [-0.25, -0.2) is 0 Å².